The van der Waals surface area contributed by atoms with Crippen LogP contribution in [0.15, 0.2) is 0 Å². The van der Waals surface area contributed by atoms with E-state index in [0.29, 0.717) is 0 Å². The van der Waals surface area contributed by atoms with Gasteiger partial charge in [-0.15, -0.1) is 0 Å². The molecule has 0 saturated heterocycles. The van der Waals surface area contributed by atoms with Gasteiger partial charge in [0.05, 0.1) is 6.61 Å². The van der Waals surface area contributed by atoms with Crippen molar-refractivity contribution >= 4 is 0 Å². The molecule has 8 heteroatoms. The maximum atomic E-state index is 12.6. The Morgan fingerprint density at radius 3 is 1.56 bits per heavy atom. The zero-order valence-electron chi connectivity index (χ0n) is 8.83. The zero-order valence-corrected chi connectivity index (χ0v) is 8.83. The van der Waals surface area contributed by atoms with Crippen molar-refractivity contribution in [2.75, 3.05) is 6.61 Å². The molecule has 0 atom stereocenters. The Balaban J connectivity index is 4.79. The van der Waals surface area contributed by atoms with Crippen molar-refractivity contribution in [3.05, 3.63) is 0 Å². The van der Waals surface area contributed by atoms with Gasteiger partial charge < -0.3 is 9.84 Å². The first-order valence-corrected chi connectivity index (χ1v) is 4.20. The number of hydrogen-bond donors (Lipinski definition) is 1. The third-order valence-corrected chi connectivity index (χ3v) is 1.43. The predicted octanol–water partition coefficient (Wildman–Crippen LogP) is 2.86. The van der Waals surface area contributed by atoms with Crippen molar-refractivity contribution in [2.45, 2.75) is 38.9 Å². The molecule has 16 heavy (non-hydrogen) atoms. The monoisotopic (exact) mass is 254 g/mol. The first-order valence-electron chi connectivity index (χ1n) is 4.20. The van der Waals surface area contributed by atoms with Crippen LogP contribution in [0.1, 0.15) is 20.8 Å². The van der Waals surface area contributed by atoms with Gasteiger partial charge in [-0.1, -0.05) is 20.8 Å². The molecular weight excluding hydrogens is 242 g/mol. The second-order valence-corrected chi connectivity index (χ2v) is 4.48. The van der Waals surface area contributed by atoms with Crippen LogP contribution in [0.2, 0.25) is 0 Å². The zero-order chi connectivity index (χ0) is 13.4. The maximum absolute atomic E-state index is 12.6. The number of aliphatic hydroxyl groups is 1. The minimum atomic E-state index is -5.98. The van der Waals surface area contributed by atoms with Gasteiger partial charge in [0, 0.05) is 0 Å². The van der Waals surface area contributed by atoms with Crippen LogP contribution in [-0.4, -0.2) is 29.9 Å². The van der Waals surface area contributed by atoms with Gasteiger partial charge in [-0.2, -0.15) is 26.3 Å². The van der Waals surface area contributed by atoms with Crippen LogP contribution in [0.3, 0.4) is 0 Å². The SMILES string of the molecule is CC(C)(C)COC(F)(F)C(F)(F)C(O)(F)F. The van der Waals surface area contributed by atoms with Crippen molar-refractivity contribution in [2.24, 2.45) is 5.41 Å². The molecule has 1 N–H and O–H groups in total. The van der Waals surface area contributed by atoms with E-state index >= 15 is 0 Å². The second-order valence-electron chi connectivity index (χ2n) is 4.48. The molecule has 0 aliphatic heterocycles. The highest BCUT2D eigenvalue weighted by atomic mass is 19.4. The molecule has 0 amide bonds. The van der Waals surface area contributed by atoms with Crippen LogP contribution in [0.4, 0.5) is 26.3 Å². The summed E-state index contributed by atoms with van der Waals surface area (Å²) >= 11 is 0. The van der Waals surface area contributed by atoms with Crippen molar-refractivity contribution in [3.63, 3.8) is 0 Å². The minimum absolute atomic E-state index is 0.869. The fourth-order valence-corrected chi connectivity index (χ4v) is 0.573. The smallest absolute Gasteiger partial charge is 0.331 e. The highest BCUT2D eigenvalue weighted by molar-refractivity contribution is 4.84. The van der Waals surface area contributed by atoms with E-state index in [-0.39, 0.29) is 0 Å². The largest absolute Gasteiger partial charge is 0.428 e. The lowest BCUT2D eigenvalue weighted by Crippen LogP contribution is -2.55. The third kappa shape index (κ3) is 3.51. The van der Waals surface area contributed by atoms with E-state index in [1.165, 1.54) is 20.8 Å². The van der Waals surface area contributed by atoms with E-state index < -0.39 is 30.2 Å². The molecular formula is C8H12F6O2. The molecule has 0 radical (unpaired) electrons. The molecule has 0 saturated carbocycles. The summed E-state index contributed by atoms with van der Waals surface area (Å²) in [4.78, 5) is 0. The standard InChI is InChI=1S/C8H12F6O2/c1-5(2,3)4-16-8(13,14)6(9,10)7(11,12)15/h15H,4H2,1-3H3. The quantitative estimate of drug-likeness (QED) is 0.782. The molecule has 0 fully saturated rings. The fraction of sp³-hybridized carbons (Fsp3) is 1.00. The van der Waals surface area contributed by atoms with Gasteiger partial charge in [-0.25, -0.2) is 0 Å². The van der Waals surface area contributed by atoms with Crippen molar-refractivity contribution in [3.8, 4) is 0 Å². The van der Waals surface area contributed by atoms with Gasteiger partial charge in [0.2, 0.25) is 0 Å². The van der Waals surface area contributed by atoms with Crippen LogP contribution in [-0.2, 0) is 4.74 Å². The summed E-state index contributed by atoms with van der Waals surface area (Å²) in [7, 11) is 0. The number of halogens is 6. The summed E-state index contributed by atoms with van der Waals surface area (Å²) in [6.07, 6.45) is -11.3. The lowest BCUT2D eigenvalue weighted by molar-refractivity contribution is -0.443. The molecule has 0 aromatic rings. The number of alkyl halides is 6. The van der Waals surface area contributed by atoms with Crippen LogP contribution in [0.25, 0.3) is 0 Å². The molecule has 0 heterocycles. The third-order valence-electron chi connectivity index (χ3n) is 1.43. The first-order chi connectivity index (χ1) is 6.71. The van der Waals surface area contributed by atoms with Gasteiger partial charge >= 0.3 is 18.1 Å². The molecule has 0 aromatic heterocycles. The molecule has 0 aliphatic carbocycles. The summed E-state index contributed by atoms with van der Waals surface area (Å²) in [5.41, 5.74) is -0.912. The van der Waals surface area contributed by atoms with Gasteiger partial charge in [0.15, 0.2) is 0 Å². The van der Waals surface area contributed by atoms with E-state index in [4.69, 9.17) is 5.11 Å². The fourth-order valence-electron chi connectivity index (χ4n) is 0.573. The van der Waals surface area contributed by atoms with Crippen LogP contribution in [0.5, 0.6) is 0 Å². The Morgan fingerprint density at radius 2 is 1.31 bits per heavy atom. The summed E-state index contributed by atoms with van der Waals surface area (Å²) in [5, 5.41) is 7.67. The summed E-state index contributed by atoms with van der Waals surface area (Å²) in [6.45, 7) is 3.29. The highest BCUT2D eigenvalue weighted by Crippen LogP contribution is 2.45. The lowest BCUT2D eigenvalue weighted by Gasteiger charge is -2.30. The molecule has 0 bridgehead atoms. The van der Waals surface area contributed by atoms with E-state index in [1.807, 2.05) is 0 Å². The second kappa shape index (κ2) is 4.06. The number of rotatable bonds is 4. The highest BCUT2D eigenvalue weighted by Gasteiger charge is 2.73. The summed E-state index contributed by atoms with van der Waals surface area (Å²) in [6, 6.07) is 0. The van der Waals surface area contributed by atoms with Gasteiger partial charge in [-0.3, -0.25) is 0 Å². The maximum Gasteiger partial charge on any atom is 0.428 e. The summed E-state index contributed by atoms with van der Waals surface area (Å²) < 4.78 is 77.2. The van der Waals surface area contributed by atoms with Crippen LogP contribution in [0, 0.1) is 5.41 Å². The van der Waals surface area contributed by atoms with E-state index in [9.17, 15) is 26.3 Å². The molecule has 98 valence electrons. The molecule has 0 aromatic carbocycles. The Labute approximate surface area is 88.2 Å². The average Bonchev–Trinajstić information content (AvgIpc) is 1.97. The Bertz CT molecular complexity index is 240. The number of ether oxygens (including phenoxy) is 1. The van der Waals surface area contributed by atoms with Crippen LogP contribution >= 0.6 is 0 Å². The Kier molecular flexibility index (Phi) is 3.94. The Hall–Kier alpha value is -0.500. The average molecular weight is 254 g/mol. The minimum Gasteiger partial charge on any atom is -0.331 e. The molecule has 0 spiro atoms. The Morgan fingerprint density at radius 1 is 0.938 bits per heavy atom. The lowest BCUT2D eigenvalue weighted by atomic mass is 9.99. The van der Waals surface area contributed by atoms with Crippen molar-refractivity contribution < 1.29 is 36.2 Å². The van der Waals surface area contributed by atoms with Gasteiger partial charge in [-0.05, 0) is 5.41 Å². The molecule has 2 nitrogen and oxygen atoms in total. The van der Waals surface area contributed by atoms with E-state index in [0.717, 1.165) is 0 Å². The topological polar surface area (TPSA) is 29.5 Å². The number of hydrogen-bond acceptors (Lipinski definition) is 2. The van der Waals surface area contributed by atoms with Crippen molar-refractivity contribution in [1.29, 1.82) is 0 Å². The first kappa shape index (κ1) is 15.5. The van der Waals surface area contributed by atoms with E-state index in [2.05, 4.69) is 4.74 Å². The van der Waals surface area contributed by atoms with Gasteiger partial charge in [0.25, 0.3) is 0 Å². The molecule has 0 rings (SSSR count). The molecule has 0 aliphatic rings. The van der Waals surface area contributed by atoms with E-state index in [1.54, 1.807) is 0 Å². The van der Waals surface area contributed by atoms with Crippen molar-refractivity contribution in [1.82, 2.24) is 0 Å². The van der Waals surface area contributed by atoms with Gasteiger partial charge in [0.1, 0.15) is 0 Å². The normalized spacial score (nSPS) is 15.4. The molecule has 0 unspecified atom stereocenters. The predicted molar refractivity (Wildman–Crippen MR) is 42.5 cm³/mol. The van der Waals surface area contributed by atoms with Crippen LogP contribution < -0.4 is 0 Å². The summed E-state index contributed by atoms with van der Waals surface area (Å²) in [5.74, 6) is -5.98.